The van der Waals surface area contributed by atoms with Gasteiger partial charge in [0.25, 0.3) is 0 Å². The number of aryl methyl sites for hydroxylation is 2. The summed E-state index contributed by atoms with van der Waals surface area (Å²) in [5.41, 5.74) is 10.8. The van der Waals surface area contributed by atoms with Crippen LogP contribution in [0.2, 0.25) is 0 Å². The van der Waals surface area contributed by atoms with Crippen LogP contribution in [0.4, 0.5) is 5.69 Å². The van der Waals surface area contributed by atoms with Crippen LogP contribution in [0.25, 0.3) is 10.2 Å². The lowest BCUT2D eigenvalue weighted by Crippen LogP contribution is -2.10. The number of hydrogen-bond acceptors (Lipinski definition) is 4. The van der Waals surface area contributed by atoms with Crippen molar-refractivity contribution in [3.05, 3.63) is 47.2 Å². The summed E-state index contributed by atoms with van der Waals surface area (Å²) in [5, 5.41) is 0.963. The van der Waals surface area contributed by atoms with E-state index < -0.39 is 10.8 Å². The topological polar surface area (TPSA) is 56.0 Å². The lowest BCUT2D eigenvalue weighted by Gasteiger charge is -2.18. The number of nitrogens with two attached hydrogens (primary N) is 1. The van der Waals surface area contributed by atoms with Gasteiger partial charge in [0.15, 0.2) is 0 Å². The Kier molecular flexibility index (Phi) is 4.40. The predicted molar refractivity (Wildman–Crippen MR) is 110 cm³/mol. The molecule has 0 radical (unpaired) electrons. The van der Waals surface area contributed by atoms with Gasteiger partial charge in [-0.1, -0.05) is 32.9 Å². The van der Waals surface area contributed by atoms with E-state index in [1.165, 1.54) is 41.0 Å². The lowest BCUT2D eigenvalue weighted by atomic mass is 9.87. The van der Waals surface area contributed by atoms with E-state index in [1.54, 1.807) is 0 Å². The highest BCUT2D eigenvalue weighted by Gasteiger charge is 2.21. The zero-order valence-corrected chi connectivity index (χ0v) is 17.1. The predicted octanol–water partition coefficient (Wildman–Crippen LogP) is 5.22. The van der Waals surface area contributed by atoms with E-state index in [0.29, 0.717) is 5.69 Å². The maximum Gasteiger partial charge on any atom is 0.126 e. The molecule has 2 N–H and O–H groups in total. The van der Waals surface area contributed by atoms with Crippen LogP contribution in [0, 0.1) is 0 Å². The summed E-state index contributed by atoms with van der Waals surface area (Å²) in [6.45, 7) is 6.53. The first kappa shape index (κ1) is 17.7. The van der Waals surface area contributed by atoms with Crippen molar-refractivity contribution in [1.82, 2.24) is 4.98 Å². The Hall–Kier alpha value is -1.72. The van der Waals surface area contributed by atoms with Crippen LogP contribution in [0.1, 0.15) is 50.4 Å². The molecule has 1 unspecified atom stereocenters. The largest absolute Gasteiger partial charge is 0.396 e. The highest BCUT2D eigenvalue weighted by molar-refractivity contribution is 7.87. The quantitative estimate of drug-likeness (QED) is 0.659. The van der Waals surface area contributed by atoms with Gasteiger partial charge in [-0.25, -0.2) is 9.19 Å². The summed E-state index contributed by atoms with van der Waals surface area (Å²) in [7, 11) is -1.27. The Morgan fingerprint density at radius 3 is 2.50 bits per heavy atom. The molecule has 1 aliphatic rings. The second-order valence-corrected chi connectivity index (χ2v) is 10.7. The first-order valence-corrected chi connectivity index (χ1v) is 11.0. The number of benzene rings is 1. The molecule has 26 heavy (non-hydrogen) atoms. The van der Waals surface area contributed by atoms with Crippen LogP contribution in [0.15, 0.2) is 39.4 Å². The Labute approximate surface area is 161 Å². The number of hydrogen-bond donors (Lipinski definition) is 1. The molecule has 5 heteroatoms. The maximum atomic E-state index is 13.1. The second-order valence-electron chi connectivity index (χ2n) is 8.00. The zero-order valence-electron chi connectivity index (χ0n) is 15.5. The lowest BCUT2D eigenvalue weighted by molar-refractivity contribution is 0.589. The van der Waals surface area contributed by atoms with Gasteiger partial charge in [0.2, 0.25) is 0 Å². The average Bonchev–Trinajstić information content (AvgIpc) is 2.94. The summed E-state index contributed by atoms with van der Waals surface area (Å²) in [6.07, 6.45) is 4.52. The number of thiophene rings is 1. The van der Waals surface area contributed by atoms with E-state index >= 15 is 0 Å². The van der Waals surface area contributed by atoms with Crippen molar-refractivity contribution in [3.63, 3.8) is 0 Å². The third kappa shape index (κ3) is 3.08. The summed E-state index contributed by atoms with van der Waals surface area (Å²) in [6, 6.07) is 10.2. The van der Waals surface area contributed by atoms with Crippen molar-refractivity contribution in [1.29, 1.82) is 0 Å². The number of anilines is 1. The van der Waals surface area contributed by atoms with Crippen molar-refractivity contribution in [2.75, 3.05) is 5.73 Å². The van der Waals surface area contributed by atoms with Crippen molar-refractivity contribution >= 4 is 38.0 Å². The molecule has 3 aromatic rings. The van der Waals surface area contributed by atoms with Gasteiger partial charge < -0.3 is 5.73 Å². The third-order valence-electron chi connectivity index (χ3n) is 5.07. The standard InChI is InChI=1S/C21H24N2OS2/c1-21(2,3)14-8-10-15(11-9-14)26(24)20-18(22)16-12-13-6-4-5-7-17(13)23-19(16)25-20/h8-12H,4-7,22H2,1-3H3. The van der Waals surface area contributed by atoms with Gasteiger partial charge in [0.05, 0.1) is 16.5 Å². The Bertz CT molecular complexity index is 998. The molecular formula is C21H24N2OS2. The van der Waals surface area contributed by atoms with Crippen molar-refractivity contribution in [2.45, 2.75) is 61.0 Å². The molecule has 3 nitrogen and oxygen atoms in total. The Morgan fingerprint density at radius 2 is 1.81 bits per heavy atom. The van der Waals surface area contributed by atoms with E-state index in [-0.39, 0.29) is 5.41 Å². The van der Waals surface area contributed by atoms with E-state index in [0.717, 1.165) is 32.2 Å². The molecule has 1 aromatic carbocycles. The van der Waals surface area contributed by atoms with E-state index in [1.807, 2.05) is 12.1 Å². The van der Waals surface area contributed by atoms with Gasteiger partial charge in [-0.05, 0) is 60.4 Å². The molecule has 2 aromatic heterocycles. The SMILES string of the molecule is CC(C)(C)c1ccc(S(=O)c2sc3nc4c(cc3c2N)CCCC4)cc1. The molecule has 0 saturated carbocycles. The molecule has 0 amide bonds. The summed E-state index contributed by atoms with van der Waals surface area (Å²) in [5.74, 6) is 0. The Balaban J connectivity index is 1.74. The summed E-state index contributed by atoms with van der Waals surface area (Å²) < 4.78 is 13.9. The minimum atomic E-state index is -1.27. The monoisotopic (exact) mass is 384 g/mol. The molecule has 136 valence electrons. The molecule has 4 rings (SSSR count). The fourth-order valence-electron chi connectivity index (χ4n) is 3.46. The molecule has 0 aliphatic heterocycles. The van der Waals surface area contributed by atoms with Crippen LogP contribution in [-0.2, 0) is 29.1 Å². The molecule has 1 aliphatic carbocycles. The molecular weight excluding hydrogens is 360 g/mol. The smallest absolute Gasteiger partial charge is 0.126 e. The van der Waals surface area contributed by atoms with Crippen molar-refractivity contribution in [2.24, 2.45) is 0 Å². The van der Waals surface area contributed by atoms with Crippen LogP contribution in [0.5, 0.6) is 0 Å². The van der Waals surface area contributed by atoms with Crippen molar-refractivity contribution in [3.8, 4) is 0 Å². The fourth-order valence-corrected chi connectivity index (χ4v) is 6.03. The zero-order chi connectivity index (χ0) is 18.5. The first-order valence-electron chi connectivity index (χ1n) is 9.07. The highest BCUT2D eigenvalue weighted by atomic mass is 32.2. The minimum Gasteiger partial charge on any atom is -0.396 e. The number of rotatable bonds is 2. The minimum absolute atomic E-state index is 0.0830. The number of aromatic nitrogens is 1. The van der Waals surface area contributed by atoms with E-state index in [9.17, 15) is 4.21 Å². The summed E-state index contributed by atoms with van der Waals surface area (Å²) in [4.78, 5) is 6.53. The summed E-state index contributed by atoms with van der Waals surface area (Å²) >= 11 is 1.47. The average molecular weight is 385 g/mol. The van der Waals surface area contributed by atoms with Gasteiger partial charge in [-0.2, -0.15) is 0 Å². The van der Waals surface area contributed by atoms with E-state index in [4.69, 9.17) is 10.7 Å². The number of fused-ring (bicyclic) bond motifs is 2. The first-order chi connectivity index (χ1) is 12.3. The normalized spacial score (nSPS) is 15.8. The van der Waals surface area contributed by atoms with Gasteiger partial charge >= 0.3 is 0 Å². The van der Waals surface area contributed by atoms with Gasteiger partial charge in [-0.15, -0.1) is 11.3 Å². The van der Waals surface area contributed by atoms with Crippen LogP contribution < -0.4 is 5.73 Å². The van der Waals surface area contributed by atoms with Crippen LogP contribution in [0.3, 0.4) is 0 Å². The van der Waals surface area contributed by atoms with E-state index in [2.05, 4.69) is 39.0 Å². The Morgan fingerprint density at radius 1 is 1.12 bits per heavy atom. The fraction of sp³-hybridized carbons (Fsp3) is 0.381. The molecule has 0 spiro atoms. The molecule has 2 heterocycles. The maximum absolute atomic E-state index is 13.1. The number of nitrogens with zero attached hydrogens (tertiary/aromatic N) is 1. The number of pyridine rings is 1. The van der Waals surface area contributed by atoms with Gasteiger partial charge in [0.1, 0.15) is 9.04 Å². The van der Waals surface area contributed by atoms with Gasteiger partial charge in [-0.3, -0.25) is 0 Å². The van der Waals surface area contributed by atoms with Crippen LogP contribution in [-0.4, -0.2) is 9.19 Å². The second kappa shape index (κ2) is 6.46. The van der Waals surface area contributed by atoms with Crippen LogP contribution >= 0.6 is 11.3 Å². The molecule has 0 bridgehead atoms. The molecule has 0 saturated heterocycles. The molecule has 0 fully saturated rings. The van der Waals surface area contributed by atoms with Gasteiger partial charge in [0, 0.05) is 16.0 Å². The molecule has 1 atom stereocenters. The number of nitrogen functional groups attached to an aromatic ring is 1. The third-order valence-corrected chi connectivity index (χ3v) is 7.94. The van der Waals surface area contributed by atoms with Crippen molar-refractivity contribution < 1.29 is 4.21 Å². The highest BCUT2D eigenvalue weighted by Crippen LogP contribution is 2.39.